The van der Waals surface area contributed by atoms with Gasteiger partial charge in [-0.15, -0.1) is 0 Å². The summed E-state index contributed by atoms with van der Waals surface area (Å²) in [6.07, 6.45) is 2.08. The second-order valence-corrected chi connectivity index (χ2v) is 6.96. The molecule has 21 heavy (non-hydrogen) atoms. The monoisotopic (exact) mass is 413 g/mol. The number of hydrogen-bond acceptors (Lipinski definition) is 2. The quantitative estimate of drug-likeness (QED) is 0.649. The van der Waals surface area contributed by atoms with Gasteiger partial charge in [-0.25, -0.2) is 0 Å². The highest BCUT2D eigenvalue weighted by atomic mass is 127. The van der Waals surface area contributed by atoms with Crippen molar-refractivity contribution in [2.45, 2.75) is 25.8 Å². The van der Waals surface area contributed by atoms with E-state index in [9.17, 15) is 0 Å². The normalized spacial score (nSPS) is 17.6. The van der Waals surface area contributed by atoms with Gasteiger partial charge in [0.25, 0.3) is 0 Å². The zero-order chi connectivity index (χ0) is 14.8. The van der Waals surface area contributed by atoms with Crippen molar-refractivity contribution in [3.8, 4) is 5.75 Å². The standard InChI is InChI=1S/C17H17ClINO/c1-11-4-2-5-13-15(6-3-9-21-17(11)13)20-16-8-7-12(19)10-14(16)18/h2,4-5,7-8,10,15,20H,3,6,9H2,1H3. The van der Waals surface area contributed by atoms with Crippen molar-refractivity contribution in [1.82, 2.24) is 0 Å². The molecule has 1 unspecified atom stereocenters. The first-order valence-electron chi connectivity index (χ1n) is 7.09. The number of aryl methyl sites for hydroxylation is 1. The van der Waals surface area contributed by atoms with Gasteiger partial charge in [0.15, 0.2) is 0 Å². The molecule has 3 rings (SSSR count). The molecule has 0 bridgehead atoms. The largest absolute Gasteiger partial charge is 0.493 e. The van der Waals surface area contributed by atoms with Gasteiger partial charge in [0.2, 0.25) is 0 Å². The first kappa shape index (κ1) is 15.0. The summed E-state index contributed by atoms with van der Waals surface area (Å²) in [6, 6.07) is 12.7. The van der Waals surface area contributed by atoms with Crippen LogP contribution in [0.1, 0.15) is 30.0 Å². The highest BCUT2D eigenvalue weighted by Crippen LogP contribution is 2.37. The zero-order valence-corrected chi connectivity index (χ0v) is 14.7. The van der Waals surface area contributed by atoms with E-state index in [1.54, 1.807) is 0 Å². The molecule has 0 fully saturated rings. The molecular weight excluding hydrogens is 397 g/mol. The Morgan fingerprint density at radius 1 is 1.29 bits per heavy atom. The van der Waals surface area contributed by atoms with Crippen LogP contribution in [-0.4, -0.2) is 6.61 Å². The number of fused-ring (bicyclic) bond motifs is 1. The topological polar surface area (TPSA) is 21.3 Å². The first-order valence-corrected chi connectivity index (χ1v) is 8.55. The van der Waals surface area contributed by atoms with Crippen LogP contribution in [0.2, 0.25) is 5.02 Å². The van der Waals surface area contributed by atoms with Crippen molar-refractivity contribution < 1.29 is 4.74 Å². The molecule has 1 N–H and O–H groups in total. The number of rotatable bonds is 2. The lowest BCUT2D eigenvalue weighted by molar-refractivity contribution is 0.314. The number of para-hydroxylation sites is 1. The van der Waals surface area contributed by atoms with E-state index in [-0.39, 0.29) is 6.04 Å². The minimum absolute atomic E-state index is 0.236. The molecule has 0 aliphatic carbocycles. The Labute approximate surface area is 144 Å². The third-order valence-corrected chi connectivity index (χ3v) is 4.75. The molecule has 1 atom stereocenters. The van der Waals surface area contributed by atoms with Crippen LogP contribution < -0.4 is 10.1 Å². The van der Waals surface area contributed by atoms with Gasteiger partial charge < -0.3 is 10.1 Å². The van der Waals surface area contributed by atoms with Crippen LogP contribution in [0, 0.1) is 10.5 Å². The summed E-state index contributed by atoms with van der Waals surface area (Å²) in [4.78, 5) is 0. The Hall–Kier alpha value is -0.940. The van der Waals surface area contributed by atoms with Crippen molar-refractivity contribution in [1.29, 1.82) is 0 Å². The minimum Gasteiger partial charge on any atom is -0.493 e. The molecule has 1 aliphatic heterocycles. The average molecular weight is 414 g/mol. The zero-order valence-electron chi connectivity index (χ0n) is 11.8. The van der Waals surface area contributed by atoms with Gasteiger partial charge in [0.05, 0.1) is 23.4 Å². The van der Waals surface area contributed by atoms with Gasteiger partial charge in [-0.3, -0.25) is 0 Å². The lowest BCUT2D eigenvalue weighted by Crippen LogP contribution is -2.10. The molecule has 0 radical (unpaired) electrons. The molecule has 0 saturated heterocycles. The molecule has 2 nitrogen and oxygen atoms in total. The lowest BCUT2D eigenvalue weighted by atomic mass is 9.99. The number of benzene rings is 2. The highest BCUT2D eigenvalue weighted by Gasteiger charge is 2.21. The number of ether oxygens (including phenoxy) is 1. The van der Waals surface area contributed by atoms with E-state index >= 15 is 0 Å². The van der Waals surface area contributed by atoms with Crippen molar-refractivity contribution in [3.05, 3.63) is 56.1 Å². The van der Waals surface area contributed by atoms with Gasteiger partial charge in [-0.05, 0) is 66.1 Å². The van der Waals surface area contributed by atoms with Gasteiger partial charge in [0.1, 0.15) is 5.75 Å². The third-order valence-electron chi connectivity index (χ3n) is 3.76. The summed E-state index contributed by atoms with van der Waals surface area (Å²) in [5, 5.41) is 4.35. The Morgan fingerprint density at radius 2 is 2.14 bits per heavy atom. The van der Waals surface area contributed by atoms with Crippen molar-refractivity contribution >= 4 is 39.9 Å². The van der Waals surface area contributed by atoms with Crippen molar-refractivity contribution in [2.75, 3.05) is 11.9 Å². The Kier molecular flexibility index (Phi) is 4.60. The van der Waals surface area contributed by atoms with E-state index < -0.39 is 0 Å². The maximum atomic E-state index is 6.35. The second-order valence-electron chi connectivity index (χ2n) is 5.31. The number of anilines is 1. The summed E-state index contributed by atoms with van der Waals surface area (Å²) in [5.74, 6) is 1.02. The molecule has 110 valence electrons. The number of nitrogens with one attached hydrogen (secondary N) is 1. The summed E-state index contributed by atoms with van der Waals surface area (Å²) in [6.45, 7) is 2.87. The fourth-order valence-electron chi connectivity index (χ4n) is 2.71. The molecule has 2 aromatic carbocycles. The van der Waals surface area contributed by atoms with Crippen LogP contribution in [0.5, 0.6) is 5.75 Å². The third kappa shape index (κ3) is 3.29. The Morgan fingerprint density at radius 3 is 2.95 bits per heavy atom. The SMILES string of the molecule is Cc1cccc2c1OCCCC2Nc1ccc(I)cc1Cl. The van der Waals surface area contributed by atoms with Gasteiger partial charge in [-0.1, -0.05) is 29.8 Å². The molecular formula is C17H17ClINO. The van der Waals surface area contributed by atoms with Crippen LogP contribution in [0.25, 0.3) is 0 Å². The van der Waals surface area contributed by atoms with Crippen LogP contribution in [0.4, 0.5) is 5.69 Å². The van der Waals surface area contributed by atoms with Crippen LogP contribution >= 0.6 is 34.2 Å². The second kappa shape index (κ2) is 6.44. The average Bonchev–Trinajstić information content (AvgIpc) is 2.66. The summed E-state index contributed by atoms with van der Waals surface area (Å²) >= 11 is 8.62. The molecule has 0 spiro atoms. The van der Waals surface area contributed by atoms with Gasteiger partial charge >= 0.3 is 0 Å². The Bertz CT molecular complexity index is 659. The van der Waals surface area contributed by atoms with Crippen LogP contribution in [0.15, 0.2) is 36.4 Å². The van der Waals surface area contributed by atoms with E-state index in [1.165, 1.54) is 11.1 Å². The molecule has 4 heteroatoms. The van der Waals surface area contributed by atoms with E-state index in [0.29, 0.717) is 0 Å². The van der Waals surface area contributed by atoms with E-state index in [4.69, 9.17) is 16.3 Å². The molecule has 2 aromatic rings. The predicted octanol–water partition coefficient (Wildman–Crippen LogP) is 5.58. The van der Waals surface area contributed by atoms with Gasteiger partial charge in [0, 0.05) is 9.13 Å². The van der Waals surface area contributed by atoms with Crippen LogP contribution in [-0.2, 0) is 0 Å². The molecule has 0 aromatic heterocycles. The molecule has 1 aliphatic rings. The Balaban J connectivity index is 1.94. The highest BCUT2D eigenvalue weighted by molar-refractivity contribution is 14.1. The summed E-state index contributed by atoms with van der Waals surface area (Å²) < 4.78 is 7.06. The first-order chi connectivity index (χ1) is 10.1. The fourth-order valence-corrected chi connectivity index (χ4v) is 3.62. The number of halogens is 2. The molecule has 0 amide bonds. The van der Waals surface area contributed by atoms with E-state index in [0.717, 1.165) is 39.5 Å². The minimum atomic E-state index is 0.236. The van der Waals surface area contributed by atoms with E-state index in [1.807, 2.05) is 12.1 Å². The molecule has 1 heterocycles. The van der Waals surface area contributed by atoms with Gasteiger partial charge in [-0.2, -0.15) is 0 Å². The van der Waals surface area contributed by atoms with Crippen LogP contribution in [0.3, 0.4) is 0 Å². The smallest absolute Gasteiger partial charge is 0.127 e. The summed E-state index contributed by atoms with van der Waals surface area (Å²) in [5.41, 5.74) is 3.40. The fraction of sp³-hybridized carbons (Fsp3) is 0.294. The predicted molar refractivity (Wildman–Crippen MR) is 96.4 cm³/mol. The maximum absolute atomic E-state index is 6.35. The van der Waals surface area contributed by atoms with Crippen molar-refractivity contribution in [3.63, 3.8) is 0 Å². The van der Waals surface area contributed by atoms with E-state index in [2.05, 4.69) is 59.1 Å². The summed E-state index contributed by atoms with van der Waals surface area (Å²) in [7, 11) is 0. The lowest BCUT2D eigenvalue weighted by Gasteiger charge is -2.21. The number of hydrogen-bond donors (Lipinski definition) is 1. The maximum Gasteiger partial charge on any atom is 0.127 e. The molecule has 0 saturated carbocycles. The van der Waals surface area contributed by atoms with Crippen molar-refractivity contribution in [2.24, 2.45) is 0 Å².